The van der Waals surface area contributed by atoms with Crippen molar-refractivity contribution in [2.75, 3.05) is 45.3 Å². The summed E-state index contributed by atoms with van der Waals surface area (Å²) in [6.07, 6.45) is 0. The molecular weight excluding hydrogens is 422 g/mol. The average molecular weight is 446 g/mol. The van der Waals surface area contributed by atoms with Gasteiger partial charge in [-0.3, -0.25) is 0 Å². The Morgan fingerprint density at radius 1 is 0.933 bits per heavy atom. The van der Waals surface area contributed by atoms with Crippen LogP contribution < -0.4 is 14.4 Å². The first kappa shape index (κ1) is 20.6. The smallest absolute Gasteiger partial charge is 0.243 e. The highest BCUT2D eigenvalue weighted by Gasteiger charge is 2.29. The first-order valence-electron chi connectivity index (χ1n) is 9.51. The van der Waals surface area contributed by atoms with E-state index in [1.54, 1.807) is 49.8 Å². The molecule has 1 aliphatic heterocycles. The Labute approximate surface area is 180 Å². The van der Waals surface area contributed by atoms with Crippen molar-refractivity contribution in [3.05, 3.63) is 53.9 Å². The summed E-state index contributed by atoms with van der Waals surface area (Å²) >= 11 is 1.56. The van der Waals surface area contributed by atoms with Gasteiger partial charge in [-0.25, -0.2) is 13.4 Å². The van der Waals surface area contributed by atoms with E-state index in [1.807, 2.05) is 29.6 Å². The summed E-state index contributed by atoms with van der Waals surface area (Å²) in [5, 5.41) is 2.89. The third kappa shape index (κ3) is 4.00. The van der Waals surface area contributed by atoms with E-state index in [0.717, 1.165) is 22.1 Å². The number of benzene rings is 2. The predicted molar refractivity (Wildman–Crippen MR) is 118 cm³/mol. The van der Waals surface area contributed by atoms with Crippen molar-refractivity contribution in [1.82, 2.24) is 9.29 Å². The number of aromatic nitrogens is 1. The van der Waals surface area contributed by atoms with E-state index in [2.05, 4.69) is 4.90 Å². The maximum atomic E-state index is 12.9. The van der Waals surface area contributed by atoms with Gasteiger partial charge >= 0.3 is 0 Å². The zero-order valence-electron chi connectivity index (χ0n) is 16.8. The van der Waals surface area contributed by atoms with Crippen LogP contribution in [0.15, 0.2) is 58.8 Å². The molecule has 0 aliphatic carbocycles. The highest BCUT2D eigenvalue weighted by Crippen LogP contribution is 2.33. The van der Waals surface area contributed by atoms with Crippen LogP contribution in [0.5, 0.6) is 11.5 Å². The number of thiazole rings is 1. The summed E-state index contributed by atoms with van der Waals surface area (Å²) in [5.74, 6) is 1.41. The second-order valence-corrected chi connectivity index (χ2v) is 9.56. The third-order valence-corrected chi connectivity index (χ3v) is 7.90. The van der Waals surface area contributed by atoms with E-state index in [1.165, 1.54) is 4.31 Å². The number of piperazine rings is 1. The number of para-hydroxylation sites is 1. The maximum Gasteiger partial charge on any atom is 0.243 e. The Kier molecular flexibility index (Phi) is 5.94. The normalized spacial score (nSPS) is 15.2. The van der Waals surface area contributed by atoms with Crippen molar-refractivity contribution in [3.63, 3.8) is 0 Å². The van der Waals surface area contributed by atoms with Gasteiger partial charge in [0, 0.05) is 37.1 Å². The first-order chi connectivity index (χ1) is 14.5. The quantitative estimate of drug-likeness (QED) is 0.580. The van der Waals surface area contributed by atoms with Gasteiger partial charge in [0.05, 0.1) is 24.8 Å². The van der Waals surface area contributed by atoms with E-state index in [0.29, 0.717) is 31.9 Å². The Morgan fingerprint density at radius 2 is 1.63 bits per heavy atom. The van der Waals surface area contributed by atoms with Gasteiger partial charge in [-0.1, -0.05) is 12.1 Å². The summed E-state index contributed by atoms with van der Waals surface area (Å²) < 4.78 is 37.9. The number of ether oxygens (including phenoxy) is 2. The van der Waals surface area contributed by atoms with Crippen molar-refractivity contribution in [1.29, 1.82) is 0 Å². The topological polar surface area (TPSA) is 72.0 Å². The van der Waals surface area contributed by atoms with Gasteiger partial charge in [0.2, 0.25) is 10.0 Å². The molecule has 2 aromatic carbocycles. The van der Waals surface area contributed by atoms with E-state index in [-0.39, 0.29) is 4.90 Å². The molecule has 0 radical (unpaired) electrons. The molecule has 0 spiro atoms. The van der Waals surface area contributed by atoms with Crippen LogP contribution in [0, 0.1) is 0 Å². The standard InChI is InChI=1S/C21H23N3O4S2/c1-27-16-7-9-17(10-8-16)30(25,26)24-13-11-23(12-14-24)21-22-19(15-29-21)18-5-3-4-6-20(18)28-2/h3-10,15H,11-14H2,1-2H3. The summed E-state index contributed by atoms with van der Waals surface area (Å²) in [5.41, 5.74) is 1.81. The molecule has 7 nitrogen and oxygen atoms in total. The second kappa shape index (κ2) is 8.63. The number of sulfonamides is 1. The highest BCUT2D eigenvalue weighted by molar-refractivity contribution is 7.89. The molecule has 1 aliphatic rings. The molecule has 0 amide bonds. The molecule has 1 saturated heterocycles. The monoisotopic (exact) mass is 445 g/mol. The zero-order chi connectivity index (χ0) is 21.1. The second-order valence-electron chi connectivity index (χ2n) is 6.78. The molecule has 2 heterocycles. The molecule has 1 fully saturated rings. The summed E-state index contributed by atoms with van der Waals surface area (Å²) in [7, 11) is -0.318. The molecule has 1 aromatic heterocycles. The van der Waals surface area contributed by atoms with E-state index in [4.69, 9.17) is 14.5 Å². The molecule has 0 bridgehead atoms. The van der Waals surface area contributed by atoms with Crippen LogP contribution in [0.1, 0.15) is 0 Å². The maximum absolute atomic E-state index is 12.9. The fourth-order valence-corrected chi connectivity index (χ4v) is 5.71. The summed E-state index contributed by atoms with van der Waals surface area (Å²) in [6, 6.07) is 14.3. The molecule has 4 rings (SSSR count). The summed E-state index contributed by atoms with van der Waals surface area (Å²) in [6.45, 7) is 2.01. The van der Waals surface area contributed by atoms with Crippen LogP contribution in [0.2, 0.25) is 0 Å². The van der Waals surface area contributed by atoms with E-state index >= 15 is 0 Å². The van der Waals surface area contributed by atoms with Crippen molar-refractivity contribution < 1.29 is 17.9 Å². The molecule has 0 unspecified atom stereocenters. The minimum Gasteiger partial charge on any atom is -0.497 e. The van der Waals surface area contributed by atoms with Crippen molar-refractivity contribution in [3.8, 4) is 22.8 Å². The van der Waals surface area contributed by atoms with E-state index < -0.39 is 10.0 Å². The van der Waals surface area contributed by atoms with E-state index in [9.17, 15) is 8.42 Å². The van der Waals surface area contributed by atoms with Crippen LogP contribution in [-0.2, 0) is 10.0 Å². The minimum absolute atomic E-state index is 0.282. The third-order valence-electron chi connectivity index (χ3n) is 5.08. The van der Waals surface area contributed by atoms with Crippen molar-refractivity contribution in [2.45, 2.75) is 4.90 Å². The lowest BCUT2D eigenvalue weighted by Crippen LogP contribution is -2.48. The molecule has 0 atom stereocenters. The lowest BCUT2D eigenvalue weighted by molar-refractivity contribution is 0.384. The lowest BCUT2D eigenvalue weighted by Gasteiger charge is -2.33. The van der Waals surface area contributed by atoms with Crippen molar-refractivity contribution in [2.24, 2.45) is 0 Å². The Balaban J connectivity index is 1.45. The molecule has 0 N–H and O–H groups in total. The van der Waals surface area contributed by atoms with Gasteiger partial charge < -0.3 is 14.4 Å². The Bertz CT molecular complexity index is 1110. The zero-order valence-corrected chi connectivity index (χ0v) is 18.4. The molecule has 0 saturated carbocycles. The SMILES string of the molecule is COc1ccc(S(=O)(=O)N2CCN(c3nc(-c4ccccc4OC)cs3)CC2)cc1. The van der Waals surface area contributed by atoms with Crippen LogP contribution in [-0.4, -0.2) is 58.1 Å². The largest absolute Gasteiger partial charge is 0.497 e. The first-order valence-corrected chi connectivity index (χ1v) is 11.8. The number of hydrogen-bond acceptors (Lipinski definition) is 7. The van der Waals surface area contributed by atoms with Crippen LogP contribution in [0.3, 0.4) is 0 Å². The van der Waals surface area contributed by atoms with Crippen LogP contribution in [0.4, 0.5) is 5.13 Å². The molecule has 158 valence electrons. The van der Waals surface area contributed by atoms with Gasteiger partial charge in [0.1, 0.15) is 11.5 Å². The number of hydrogen-bond donors (Lipinski definition) is 0. The van der Waals surface area contributed by atoms with Gasteiger partial charge in [0.15, 0.2) is 5.13 Å². The average Bonchev–Trinajstić information content (AvgIpc) is 3.29. The number of methoxy groups -OCH3 is 2. The van der Waals surface area contributed by atoms with Gasteiger partial charge in [-0.15, -0.1) is 11.3 Å². The molecular formula is C21H23N3O4S2. The highest BCUT2D eigenvalue weighted by atomic mass is 32.2. The number of rotatable bonds is 6. The van der Waals surface area contributed by atoms with Gasteiger partial charge in [-0.2, -0.15) is 4.31 Å². The van der Waals surface area contributed by atoms with Crippen molar-refractivity contribution >= 4 is 26.5 Å². The Morgan fingerprint density at radius 3 is 2.30 bits per heavy atom. The minimum atomic E-state index is -3.52. The predicted octanol–water partition coefficient (Wildman–Crippen LogP) is 3.34. The number of anilines is 1. The van der Waals surface area contributed by atoms with Crippen LogP contribution in [0.25, 0.3) is 11.3 Å². The fraction of sp³-hybridized carbons (Fsp3) is 0.286. The fourth-order valence-electron chi connectivity index (χ4n) is 3.41. The summed E-state index contributed by atoms with van der Waals surface area (Å²) in [4.78, 5) is 7.17. The lowest BCUT2D eigenvalue weighted by atomic mass is 10.1. The molecule has 9 heteroatoms. The molecule has 3 aromatic rings. The number of nitrogens with zero attached hydrogens (tertiary/aromatic N) is 3. The Hall–Kier alpha value is -2.62. The van der Waals surface area contributed by atoms with Gasteiger partial charge in [-0.05, 0) is 36.4 Å². The molecule has 30 heavy (non-hydrogen) atoms. The van der Waals surface area contributed by atoms with Crippen LogP contribution >= 0.6 is 11.3 Å². The van der Waals surface area contributed by atoms with Gasteiger partial charge in [0.25, 0.3) is 0 Å².